The van der Waals surface area contributed by atoms with Crippen molar-refractivity contribution in [2.45, 2.75) is 31.6 Å². The van der Waals surface area contributed by atoms with Gasteiger partial charge in [-0.15, -0.1) is 11.3 Å². The number of benzene rings is 2. The van der Waals surface area contributed by atoms with Gasteiger partial charge in [0.15, 0.2) is 15.0 Å². The summed E-state index contributed by atoms with van der Waals surface area (Å²) in [5.74, 6) is -0.291. The minimum Gasteiger partial charge on any atom is -0.302 e. The van der Waals surface area contributed by atoms with E-state index in [1.165, 1.54) is 16.9 Å². The average molecular weight is 415 g/mol. The fourth-order valence-corrected chi connectivity index (χ4v) is 4.96. The van der Waals surface area contributed by atoms with E-state index in [1.54, 1.807) is 30.3 Å². The fourth-order valence-electron chi connectivity index (χ4n) is 2.91. The van der Waals surface area contributed by atoms with Crippen molar-refractivity contribution in [2.24, 2.45) is 0 Å². The van der Waals surface area contributed by atoms with E-state index in [4.69, 9.17) is 0 Å². The molecule has 0 unspecified atom stereocenters. The molecule has 7 heteroatoms. The molecule has 1 aromatic heterocycles. The molecule has 2 aromatic carbocycles. The van der Waals surface area contributed by atoms with Crippen molar-refractivity contribution in [3.8, 4) is 11.3 Å². The number of hydrogen-bond donors (Lipinski definition) is 1. The highest BCUT2D eigenvalue weighted by Crippen LogP contribution is 2.28. The summed E-state index contributed by atoms with van der Waals surface area (Å²) in [5, 5.41) is 5.19. The second-order valence-corrected chi connectivity index (χ2v) is 9.61. The lowest BCUT2D eigenvalue weighted by Gasteiger charge is -2.05. The summed E-state index contributed by atoms with van der Waals surface area (Å²) in [7, 11) is -3.36. The van der Waals surface area contributed by atoms with Gasteiger partial charge in [0.05, 0.1) is 16.3 Å². The predicted molar refractivity (Wildman–Crippen MR) is 113 cm³/mol. The Labute approximate surface area is 169 Å². The quantitative estimate of drug-likeness (QED) is 0.612. The van der Waals surface area contributed by atoms with Crippen molar-refractivity contribution in [1.82, 2.24) is 4.98 Å². The van der Waals surface area contributed by atoms with Crippen LogP contribution in [0.2, 0.25) is 0 Å². The lowest BCUT2D eigenvalue weighted by Crippen LogP contribution is -2.14. The highest BCUT2D eigenvalue weighted by atomic mass is 32.2. The van der Waals surface area contributed by atoms with Gasteiger partial charge in [-0.25, -0.2) is 13.4 Å². The first-order valence-electron chi connectivity index (χ1n) is 8.96. The second kappa shape index (κ2) is 8.67. The number of nitrogens with zero attached hydrogens (tertiary/aromatic N) is 1. The SMILES string of the molecule is Cc1ccc(-c2csc(NC(=O)CCCS(=O)(=O)c3ccccc3)n2)c(C)c1. The van der Waals surface area contributed by atoms with Crippen LogP contribution in [0, 0.1) is 13.8 Å². The summed E-state index contributed by atoms with van der Waals surface area (Å²) >= 11 is 1.36. The maximum absolute atomic E-state index is 12.2. The van der Waals surface area contributed by atoms with E-state index in [9.17, 15) is 13.2 Å². The Morgan fingerprint density at radius 2 is 1.86 bits per heavy atom. The smallest absolute Gasteiger partial charge is 0.226 e. The summed E-state index contributed by atoms with van der Waals surface area (Å²) in [6.45, 7) is 4.08. The molecule has 1 amide bonds. The van der Waals surface area contributed by atoms with Crippen molar-refractivity contribution >= 4 is 32.2 Å². The van der Waals surface area contributed by atoms with Crippen LogP contribution < -0.4 is 5.32 Å². The van der Waals surface area contributed by atoms with Gasteiger partial charge in [-0.3, -0.25) is 4.79 Å². The number of aryl methyl sites for hydroxylation is 2. The van der Waals surface area contributed by atoms with Crippen LogP contribution >= 0.6 is 11.3 Å². The molecule has 0 fully saturated rings. The minimum absolute atomic E-state index is 0.0594. The second-order valence-electron chi connectivity index (χ2n) is 6.64. The highest BCUT2D eigenvalue weighted by molar-refractivity contribution is 7.91. The first-order valence-corrected chi connectivity index (χ1v) is 11.5. The van der Waals surface area contributed by atoms with Crippen molar-refractivity contribution in [1.29, 1.82) is 0 Å². The Morgan fingerprint density at radius 1 is 1.11 bits per heavy atom. The average Bonchev–Trinajstić information content (AvgIpc) is 3.10. The van der Waals surface area contributed by atoms with Crippen LogP contribution in [0.4, 0.5) is 5.13 Å². The van der Waals surface area contributed by atoms with E-state index < -0.39 is 9.84 Å². The molecule has 0 aliphatic heterocycles. The van der Waals surface area contributed by atoms with Crippen molar-refractivity contribution in [2.75, 3.05) is 11.1 Å². The fraction of sp³-hybridized carbons (Fsp3) is 0.238. The molecule has 146 valence electrons. The molecule has 0 aliphatic carbocycles. The number of amides is 1. The lowest BCUT2D eigenvalue weighted by atomic mass is 10.0. The largest absolute Gasteiger partial charge is 0.302 e. The van der Waals surface area contributed by atoms with Crippen LogP contribution in [0.5, 0.6) is 0 Å². The molecule has 0 saturated heterocycles. The van der Waals surface area contributed by atoms with Crippen molar-refractivity contribution < 1.29 is 13.2 Å². The van der Waals surface area contributed by atoms with Crippen LogP contribution in [0.15, 0.2) is 58.8 Å². The Bertz CT molecular complexity index is 1070. The van der Waals surface area contributed by atoms with Crippen molar-refractivity contribution in [3.63, 3.8) is 0 Å². The summed E-state index contributed by atoms with van der Waals surface area (Å²) < 4.78 is 24.5. The standard InChI is InChI=1S/C21H22N2O3S2/c1-15-10-11-18(16(2)13-15)19-14-27-21(22-19)23-20(24)9-6-12-28(25,26)17-7-4-3-5-8-17/h3-5,7-8,10-11,13-14H,6,9,12H2,1-2H3,(H,22,23,24). The zero-order chi connectivity index (χ0) is 20.1. The van der Waals surface area contributed by atoms with Crippen LogP contribution in [0.3, 0.4) is 0 Å². The summed E-state index contributed by atoms with van der Waals surface area (Å²) in [5.41, 5.74) is 4.19. The number of hydrogen-bond acceptors (Lipinski definition) is 5. The molecule has 0 atom stereocenters. The zero-order valence-corrected chi connectivity index (χ0v) is 17.4. The van der Waals surface area contributed by atoms with Gasteiger partial charge in [0.1, 0.15) is 0 Å². The zero-order valence-electron chi connectivity index (χ0n) is 15.8. The number of carbonyl (C=O) groups excluding carboxylic acids is 1. The van der Waals surface area contributed by atoms with Gasteiger partial charge >= 0.3 is 0 Å². The van der Waals surface area contributed by atoms with Crippen LogP contribution in [0.1, 0.15) is 24.0 Å². The van der Waals surface area contributed by atoms with Crippen molar-refractivity contribution in [3.05, 3.63) is 65.0 Å². The highest BCUT2D eigenvalue weighted by Gasteiger charge is 2.15. The first-order chi connectivity index (χ1) is 13.3. The molecule has 0 aliphatic rings. The number of carbonyl (C=O) groups is 1. The molecule has 0 bridgehead atoms. The molecule has 1 N–H and O–H groups in total. The van der Waals surface area contributed by atoms with Gasteiger partial charge in [0.2, 0.25) is 5.91 Å². The van der Waals surface area contributed by atoms with E-state index in [2.05, 4.69) is 16.4 Å². The maximum Gasteiger partial charge on any atom is 0.226 e. The van der Waals surface area contributed by atoms with Crippen LogP contribution in [-0.2, 0) is 14.6 Å². The van der Waals surface area contributed by atoms with Crippen LogP contribution in [0.25, 0.3) is 11.3 Å². The third kappa shape index (κ3) is 5.05. The van der Waals surface area contributed by atoms with Gasteiger partial charge in [0, 0.05) is 17.4 Å². The molecule has 0 saturated carbocycles. The van der Waals surface area contributed by atoms with Gasteiger partial charge < -0.3 is 5.32 Å². The molecule has 1 heterocycles. The molecule has 5 nitrogen and oxygen atoms in total. The van der Waals surface area contributed by atoms with E-state index >= 15 is 0 Å². The molecular weight excluding hydrogens is 392 g/mol. The third-order valence-electron chi connectivity index (χ3n) is 4.33. The van der Waals surface area contributed by atoms with E-state index in [0.717, 1.165) is 16.8 Å². The molecule has 28 heavy (non-hydrogen) atoms. The van der Waals surface area contributed by atoms with E-state index in [-0.39, 0.29) is 29.4 Å². The van der Waals surface area contributed by atoms with Gasteiger partial charge in [0.25, 0.3) is 0 Å². The molecular formula is C21H22N2O3S2. The number of thiazole rings is 1. The Kier molecular flexibility index (Phi) is 6.26. The normalized spacial score (nSPS) is 11.4. The third-order valence-corrected chi connectivity index (χ3v) is 6.90. The van der Waals surface area contributed by atoms with Gasteiger partial charge in [-0.05, 0) is 38.0 Å². The number of sulfone groups is 1. The predicted octanol–water partition coefficient (Wildman–Crippen LogP) is 4.62. The summed E-state index contributed by atoms with van der Waals surface area (Å²) in [6.07, 6.45) is 0.392. The number of rotatable bonds is 7. The topological polar surface area (TPSA) is 76.1 Å². The van der Waals surface area contributed by atoms with Crippen LogP contribution in [-0.4, -0.2) is 25.1 Å². The van der Waals surface area contributed by atoms with Gasteiger partial charge in [-0.1, -0.05) is 42.0 Å². The molecule has 3 rings (SSSR count). The molecule has 0 radical (unpaired) electrons. The number of anilines is 1. The summed E-state index contributed by atoms with van der Waals surface area (Å²) in [4.78, 5) is 16.9. The summed E-state index contributed by atoms with van der Waals surface area (Å²) in [6, 6.07) is 14.4. The Balaban J connectivity index is 1.55. The number of nitrogens with one attached hydrogen (secondary N) is 1. The Morgan fingerprint density at radius 3 is 2.57 bits per heavy atom. The first kappa shape index (κ1) is 20.2. The lowest BCUT2D eigenvalue weighted by molar-refractivity contribution is -0.116. The molecule has 3 aromatic rings. The monoisotopic (exact) mass is 414 g/mol. The van der Waals surface area contributed by atoms with E-state index in [1.807, 2.05) is 31.4 Å². The van der Waals surface area contributed by atoms with E-state index in [0.29, 0.717) is 5.13 Å². The number of aromatic nitrogens is 1. The minimum atomic E-state index is -3.36. The molecule has 0 spiro atoms. The maximum atomic E-state index is 12.2. The Hall–Kier alpha value is -2.51. The van der Waals surface area contributed by atoms with Gasteiger partial charge in [-0.2, -0.15) is 0 Å².